The number of hydrogen-bond donors (Lipinski definition) is 0. The van der Waals surface area contributed by atoms with Gasteiger partial charge < -0.3 is 9.42 Å². The zero-order valence-corrected chi connectivity index (χ0v) is 16.4. The fourth-order valence-corrected chi connectivity index (χ4v) is 4.67. The predicted octanol–water partition coefficient (Wildman–Crippen LogP) is 1.69. The Morgan fingerprint density at radius 1 is 1.26 bits per heavy atom. The second-order valence-corrected chi connectivity index (χ2v) is 8.58. The summed E-state index contributed by atoms with van der Waals surface area (Å²) in [7, 11) is -1.81. The van der Waals surface area contributed by atoms with Gasteiger partial charge in [0, 0.05) is 32.5 Å². The molecule has 1 amide bonds. The molecule has 1 aliphatic heterocycles. The van der Waals surface area contributed by atoms with Gasteiger partial charge in [-0.3, -0.25) is 4.79 Å². The van der Waals surface area contributed by atoms with Crippen LogP contribution in [0.15, 0.2) is 39.8 Å². The molecule has 8 nitrogen and oxygen atoms in total. The van der Waals surface area contributed by atoms with Crippen LogP contribution in [0.4, 0.5) is 0 Å². The Balaban J connectivity index is 1.57. The Morgan fingerprint density at radius 2 is 1.93 bits per heavy atom. The standard InChI is InChI=1S/C18H24N4O4S/c1-3-16-19-17(26-20-16)13-21(2)18(23)14-9-11-22(12-10-14)27(24,25)15-7-5-4-6-8-15/h4-8,14H,3,9-13H2,1-2H3. The molecule has 27 heavy (non-hydrogen) atoms. The van der Waals surface area contributed by atoms with E-state index < -0.39 is 10.0 Å². The Morgan fingerprint density at radius 3 is 2.52 bits per heavy atom. The largest absolute Gasteiger partial charge is 0.337 e. The molecule has 0 radical (unpaired) electrons. The smallest absolute Gasteiger partial charge is 0.246 e. The van der Waals surface area contributed by atoms with Gasteiger partial charge in [-0.2, -0.15) is 9.29 Å². The number of amides is 1. The quantitative estimate of drug-likeness (QED) is 0.742. The highest BCUT2D eigenvalue weighted by molar-refractivity contribution is 7.89. The molecule has 2 aromatic rings. The number of piperidine rings is 1. The summed E-state index contributed by atoms with van der Waals surface area (Å²) in [5, 5.41) is 3.83. The minimum atomic E-state index is -3.50. The first-order valence-electron chi connectivity index (χ1n) is 9.03. The summed E-state index contributed by atoms with van der Waals surface area (Å²) in [6.07, 6.45) is 1.67. The van der Waals surface area contributed by atoms with Crippen molar-refractivity contribution in [1.82, 2.24) is 19.3 Å². The van der Waals surface area contributed by atoms with Gasteiger partial charge in [-0.25, -0.2) is 8.42 Å². The molecule has 0 unspecified atom stereocenters. The fraction of sp³-hybridized carbons (Fsp3) is 0.500. The van der Waals surface area contributed by atoms with E-state index in [1.165, 1.54) is 4.31 Å². The van der Waals surface area contributed by atoms with E-state index in [0.717, 1.165) is 0 Å². The minimum absolute atomic E-state index is 0.0250. The van der Waals surface area contributed by atoms with Crippen LogP contribution in [0.25, 0.3) is 0 Å². The third kappa shape index (κ3) is 4.36. The van der Waals surface area contributed by atoms with Crippen LogP contribution in [0.3, 0.4) is 0 Å². The topological polar surface area (TPSA) is 96.6 Å². The van der Waals surface area contributed by atoms with E-state index in [-0.39, 0.29) is 23.3 Å². The number of benzene rings is 1. The number of sulfonamides is 1. The molecular formula is C18H24N4O4S. The molecule has 0 N–H and O–H groups in total. The van der Waals surface area contributed by atoms with Crippen molar-refractivity contribution in [1.29, 1.82) is 0 Å². The summed E-state index contributed by atoms with van der Waals surface area (Å²) in [5.41, 5.74) is 0. The van der Waals surface area contributed by atoms with Crippen molar-refractivity contribution >= 4 is 15.9 Å². The number of hydrogen-bond acceptors (Lipinski definition) is 6. The first kappa shape index (κ1) is 19.5. The molecule has 2 heterocycles. The molecule has 0 bridgehead atoms. The first-order chi connectivity index (χ1) is 12.9. The lowest BCUT2D eigenvalue weighted by molar-refractivity contribution is -0.136. The van der Waals surface area contributed by atoms with Crippen molar-refractivity contribution in [3.63, 3.8) is 0 Å². The highest BCUT2D eigenvalue weighted by atomic mass is 32.2. The van der Waals surface area contributed by atoms with Gasteiger partial charge in [-0.1, -0.05) is 30.3 Å². The predicted molar refractivity (Wildman–Crippen MR) is 98.1 cm³/mol. The Bertz CT molecular complexity index is 874. The normalized spacial score (nSPS) is 16.4. The van der Waals surface area contributed by atoms with Gasteiger partial charge in [-0.15, -0.1) is 0 Å². The maximum Gasteiger partial charge on any atom is 0.246 e. The second-order valence-electron chi connectivity index (χ2n) is 6.64. The van der Waals surface area contributed by atoms with Crippen LogP contribution in [0.2, 0.25) is 0 Å². The lowest BCUT2D eigenvalue weighted by Gasteiger charge is -2.32. The number of carbonyl (C=O) groups excluding carboxylic acids is 1. The second kappa shape index (κ2) is 8.18. The van der Waals surface area contributed by atoms with Crippen LogP contribution in [0.5, 0.6) is 0 Å². The summed E-state index contributed by atoms with van der Waals surface area (Å²) >= 11 is 0. The van der Waals surface area contributed by atoms with Crippen molar-refractivity contribution < 1.29 is 17.7 Å². The van der Waals surface area contributed by atoms with Crippen LogP contribution in [-0.4, -0.2) is 53.8 Å². The maximum absolute atomic E-state index is 12.7. The Kier molecular flexibility index (Phi) is 5.91. The summed E-state index contributed by atoms with van der Waals surface area (Å²) < 4.78 is 31.9. The maximum atomic E-state index is 12.7. The number of aryl methyl sites for hydroxylation is 1. The lowest BCUT2D eigenvalue weighted by Crippen LogP contribution is -2.43. The van der Waals surface area contributed by atoms with E-state index in [4.69, 9.17) is 4.52 Å². The van der Waals surface area contributed by atoms with Gasteiger partial charge in [0.1, 0.15) is 0 Å². The van der Waals surface area contributed by atoms with Gasteiger partial charge in [0.15, 0.2) is 5.82 Å². The van der Waals surface area contributed by atoms with Gasteiger partial charge in [0.25, 0.3) is 0 Å². The minimum Gasteiger partial charge on any atom is -0.337 e. The van der Waals surface area contributed by atoms with Crippen LogP contribution < -0.4 is 0 Å². The van der Waals surface area contributed by atoms with Crippen molar-refractivity contribution in [2.24, 2.45) is 5.92 Å². The summed E-state index contributed by atoms with van der Waals surface area (Å²) in [6.45, 7) is 2.86. The van der Waals surface area contributed by atoms with Crippen molar-refractivity contribution in [3.8, 4) is 0 Å². The zero-order valence-electron chi connectivity index (χ0n) is 15.5. The fourth-order valence-electron chi connectivity index (χ4n) is 3.18. The highest BCUT2D eigenvalue weighted by Gasteiger charge is 2.33. The van der Waals surface area contributed by atoms with E-state index in [2.05, 4.69) is 10.1 Å². The lowest BCUT2D eigenvalue weighted by atomic mass is 9.97. The molecule has 0 aliphatic carbocycles. The third-order valence-corrected chi connectivity index (χ3v) is 6.67. The number of aromatic nitrogens is 2. The number of rotatable bonds is 6. The molecule has 1 aliphatic rings. The summed E-state index contributed by atoms with van der Waals surface area (Å²) in [4.78, 5) is 18.7. The zero-order chi connectivity index (χ0) is 19.4. The van der Waals surface area contributed by atoms with Crippen molar-refractivity contribution in [2.45, 2.75) is 37.6 Å². The SMILES string of the molecule is CCc1noc(CN(C)C(=O)C2CCN(S(=O)(=O)c3ccccc3)CC2)n1. The van der Waals surface area contributed by atoms with Gasteiger partial charge >= 0.3 is 0 Å². The molecule has 1 fully saturated rings. The van der Waals surface area contributed by atoms with E-state index in [9.17, 15) is 13.2 Å². The molecule has 0 saturated carbocycles. The third-order valence-electron chi connectivity index (χ3n) is 4.76. The van der Waals surface area contributed by atoms with Crippen molar-refractivity contribution in [2.75, 3.05) is 20.1 Å². The molecule has 9 heteroatoms. The van der Waals surface area contributed by atoms with E-state index in [1.807, 2.05) is 6.92 Å². The van der Waals surface area contributed by atoms with E-state index in [1.54, 1.807) is 42.3 Å². The van der Waals surface area contributed by atoms with Gasteiger partial charge in [0.05, 0.1) is 11.4 Å². The number of carbonyl (C=O) groups is 1. The molecule has 1 aromatic carbocycles. The Labute approximate surface area is 159 Å². The van der Waals surface area contributed by atoms with E-state index >= 15 is 0 Å². The molecule has 0 atom stereocenters. The molecule has 0 spiro atoms. The summed E-state index contributed by atoms with van der Waals surface area (Å²) in [6, 6.07) is 8.39. The molecular weight excluding hydrogens is 368 g/mol. The molecule has 146 valence electrons. The van der Waals surface area contributed by atoms with Crippen LogP contribution >= 0.6 is 0 Å². The average molecular weight is 392 g/mol. The molecule has 1 saturated heterocycles. The monoisotopic (exact) mass is 392 g/mol. The average Bonchev–Trinajstić information content (AvgIpc) is 3.15. The molecule has 1 aromatic heterocycles. The highest BCUT2D eigenvalue weighted by Crippen LogP contribution is 2.25. The first-order valence-corrected chi connectivity index (χ1v) is 10.5. The molecule has 3 rings (SSSR count). The van der Waals surface area contributed by atoms with Gasteiger partial charge in [0.2, 0.25) is 21.8 Å². The van der Waals surface area contributed by atoms with E-state index in [0.29, 0.717) is 44.1 Å². The Hall–Kier alpha value is -2.26. The van der Waals surface area contributed by atoms with Crippen LogP contribution in [0.1, 0.15) is 31.5 Å². The summed E-state index contributed by atoms with van der Waals surface area (Å²) in [5.74, 6) is 0.797. The van der Waals surface area contributed by atoms with Crippen LogP contribution in [-0.2, 0) is 27.8 Å². The van der Waals surface area contributed by atoms with Crippen molar-refractivity contribution in [3.05, 3.63) is 42.0 Å². The van der Waals surface area contributed by atoms with Crippen LogP contribution in [0, 0.1) is 5.92 Å². The number of nitrogens with zero attached hydrogens (tertiary/aromatic N) is 4. The van der Waals surface area contributed by atoms with Gasteiger partial charge in [-0.05, 0) is 25.0 Å².